The van der Waals surface area contributed by atoms with E-state index in [1.165, 1.54) is 0 Å². The van der Waals surface area contributed by atoms with Crippen LogP contribution in [-0.4, -0.2) is 37.7 Å². The van der Waals surface area contributed by atoms with Crippen molar-refractivity contribution in [2.45, 2.75) is 32.5 Å². The number of likely N-dealkylation sites (tertiary alicyclic amines) is 1. The number of para-hydroxylation sites is 1. The van der Waals surface area contributed by atoms with Crippen molar-refractivity contribution in [2.24, 2.45) is 5.92 Å². The Balaban J connectivity index is 1.93. The van der Waals surface area contributed by atoms with Crippen molar-refractivity contribution in [3.8, 4) is 5.75 Å². The van der Waals surface area contributed by atoms with Gasteiger partial charge >= 0.3 is 6.61 Å². The summed E-state index contributed by atoms with van der Waals surface area (Å²) in [6.07, 6.45) is 1.08. The summed E-state index contributed by atoms with van der Waals surface area (Å²) in [6, 6.07) is 7.38. The second-order valence-electron chi connectivity index (χ2n) is 5.50. The van der Waals surface area contributed by atoms with Crippen LogP contribution in [0.4, 0.5) is 8.78 Å². The van der Waals surface area contributed by atoms with Gasteiger partial charge in [0.2, 0.25) is 0 Å². The van der Waals surface area contributed by atoms with Crippen molar-refractivity contribution in [3.63, 3.8) is 0 Å². The predicted molar refractivity (Wildman–Crippen MR) is 75.0 cm³/mol. The van der Waals surface area contributed by atoms with Crippen LogP contribution in [0.25, 0.3) is 0 Å². The largest absolute Gasteiger partial charge is 0.434 e. The van der Waals surface area contributed by atoms with Gasteiger partial charge in [-0.15, -0.1) is 0 Å². The smallest absolute Gasteiger partial charge is 0.387 e. The number of halogens is 2. The molecule has 1 aromatic rings. The first kappa shape index (κ1) is 15.2. The van der Waals surface area contributed by atoms with E-state index in [0.717, 1.165) is 25.1 Å². The maximum atomic E-state index is 12.4. The molecule has 1 aromatic carbocycles. The number of piperidine rings is 1. The van der Waals surface area contributed by atoms with Crippen LogP contribution in [0.5, 0.6) is 5.75 Å². The average Bonchev–Trinajstić information content (AvgIpc) is 2.39. The van der Waals surface area contributed by atoms with E-state index in [1.807, 2.05) is 12.1 Å². The molecule has 2 rings (SSSR count). The Kier molecular flexibility index (Phi) is 5.31. The van der Waals surface area contributed by atoms with Gasteiger partial charge in [0.05, 0.1) is 0 Å². The van der Waals surface area contributed by atoms with E-state index in [1.54, 1.807) is 12.1 Å². The molecule has 0 bridgehead atoms. The molecular weight excluding hydrogens is 262 g/mol. The maximum absolute atomic E-state index is 12.4. The van der Waals surface area contributed by atoms with E-state index in [0.29, 0.717) is 18.5 Å². The summed E-state index contributed by atoms with van der Waals surface area (Å²) in [7, 11) is 2.12. The van der Waals surface area contributed by atoms with Gasteiger partial charge in [-0.1, -0.05) is 25.1 Å². The Labute approximate surface area is 118 Å². The zero-order chi connectivity index (χ0) is 14.5. The molecule has 112 valence electrons. The third-order valence-corrected chi connectivity index (χ3v) is 3.85. The Morgan fingerprint density at radius 1 is 1.40 bits per heavy atom. The highest BCUT2D eigenvalue weighted by atomic mass is 19.3. The van der Waals surface area contributed by atoms with Crippen LogP contribution in [0, 0.1) is 5.92 Å². The zero-order valence-corrected chi connectivity index (χ0v) is 12.0. The third-order valence-electron chi connectivity index (χ3n) is 3.85. The highest BCUT2D eigenvalue weighted by Crippen LogP contribution is 2.21. The molecule has 20 heavy (non-hydrogen) atoms. The number of ether oxygens (including phenoxy) is 1. The van der Waals surface area contributed by atoms with Gasteiger partial charge in [0, 0.05) is 24.7 Å². The van der Waals surface area contributed by atoms with E-state index < -0.39 is 6.61 Å². The lowest BCUT2D eigenvalue weighted by molar-refractivity contribution is -0.0505. The van der Waals surface area contributed by atoms with Crippen molar-refractivity contribution < 1.29 is 13.5 Å². The summed E-state index contributed by atoms with van der Waals surface area (Å²) in [5, 5.41) is 3.47. The van der Waals surface area contributed by atoms with Crippen LogP contribution in [0.2, 0.25) is 0 Å². The number of hydrogen-bond donors (Lipinski definition) is 1. The van der Waals surface area contributed by atoms with Crippen molar-refractivity contribution >= 4 is 0 Å². The minimum atomic E-state index is -2.78. The molecule has 1 aliphatic rings. The maximum Gasteiger partial charge on any atom is 0.387 e. The van der Waals surface area contributed by atoms with Crippen molar-refractivity contribution in [2.75, 3.05) is 20.1 Å². The molecule has 1 fully saturated rings. The molecule has 1 heterocycles. The second kappa shape index (κ2) is 6.99. The second-order valence-corrected chi connectivity index (χ2v) is 5.50. The molecule has 0 aliphatic carbocycles. The van der Waals surface area contributed by atoms with Gasteiger partial charge in [-0.2, -0.15) is 8.78 Å². The van der Waals surface area contributed by atoms with Crippen LogP contribution in [0.1, 0.15) is 18.9 Å². The van der Waals surface area contributed by atoms with E-state index in [2.05, 4.69) is 28.9 Å². The molecule has 0 saturated carbocycles. The van der Waals surface area contributed by atoms with E-state index in [-0.39, 0.29) is 5.75 Å². The minimum Gasteiger partial charge on any atom is -0.434 e. The fraction of sp³-hybridized carbons (Fsp3) is 0.600. The van der Waals surface area contributed by atoms with Gasteiger partial charge in [0.25, 0.3) is 0 Å². The van der Waals surface area contributed by atoms with E-state index >= 15 is 0 Å². The van der Waals surface area contributed by atoms with E-state index in [4.69, 9.17) is 0 Å². The number of nitrogens with one attached hydrogen (secondary N) is 1. The first-order valence-electron chi connectivity index (χ1n) is 7.01. The third kappa shape index (κ3) is 4.15. The number of alkyl halides is 2. The molecule has 5 heteroatoms. The Hall–Kier alpha value is -1.20. The summed E-state index contributed by atoms with van der Waals surface area (Å²) in [6.45, 7) is 2.12. The number of rotatable bonds is 5. The van der Waals surface area contributed by atoms with E-state index in [9.17, 15) is 8.78 Å². The van der Waals surface area contributed by atoms with Crippen LogP contribution in [0.3, 0.4) is 0 Å². The summed E-state index contributed by atoms with van der Waals surface area (Å²) in [5.41, 5.74) is 0.777. The Morgan fingerprint density at radius 3 is 2.85 bits per heavy atom. The molecule has 0 radical (unpaired) electrons. The quantitative estimate of drug-likeness (QED) is 0.900. The van der Waals surface area contributed by atoms with Crippen molar-refractivity contribution in [3.05, 3.63) is 29.8 Å². The Bertz CT molecular complexity index is 428. The fourth-order valence-electron chi connectivity index (χ4n) is 2.76. The predicted octanol–water partition coefficient (Wildman–Crippen LogP) is 2.72. The van der Waals surface area contributed by atoms with Gasteiger partial charge in [0.15, 0.2) is 0 Å². The normalized spacial score (nSPS) is 24.1. The van der Waals surface area contributed by atoms with Gasteiger partial charge in [-0.05, 0) is 32.0 Å². The highest BCUT2D eigenvalue weighted by Gasteiger charge is 2.23. The van der Waals surface area contributed by atoms with Gasteiger partial charge < -0.3 is 15.0 Å². The lowest BCUT2D eigenvalue weighted by atomic mass is 9.94. The molecule has 1 saturated heterocycles. The summed E-state index contributed by atoms with van der Waals surface area (Å²) in [4.78, 5) is 2.32. The molecule has 0 spiro atoms. The SMILES string of the molecule is CC1CN(C)CCC1NCc1ccccc1OC(F)F. The molecule has 0 amide bonds. The number of benzene rings is 1. The van der Waals surface area contributed by atoms with Gasteiger partial charge in [0.1, 0.15) is 5.75 Å². The van der Waals surface area contributed by atoms with Gasteiger partial charge in [-0.3, -0.25) is 0 Å². The fourth-order valence-corrected chi connectivity index (χ4v) is 2.76. The first-order chi connectivity index (χ1) is 9.56. The first-order valence-corrected chi connectivity index (χ1v) is 7.01. The van der Waals surface area contributed by atoms with Crippen LogP contribution in [0.15, 0.2) is 24.3 Å². The highest BCUT2D eigenvalue weighted by molar-refractivity contribution is 5.33. The molecular formula is C15H22F2N2O. The monoisotopic (exact) mass is 284 g/mol. The molecule has 2 unspecified atom stereocenters. The van der Waals surface area contributed by atoms with Crippen LogP contribution < -0.4 is 10.1 Å². The zero-order valence-electron chi connectivity index (χ0n) is 12.0. The summed E-state index contributed by atoms with van der Waals surface area (Å²) >= 11 is 0. The topological polar surface area (TPSA) is 24.5 Å². The minimum absolute atomic E-state index is 0.260. The lowest BCUT2D eigenvalue weighted by Crippen LogP contribution is -2.46. The van der Waals surface area contributed by atoms with Crippen LogP contribution in [-0.2, 0) is 6.54 Å². The molecule has 0 aromatic heterocycles. The van der Waals surface area contributed by atoms with Crippen LogP contribution >= 0.6 is 0 Å². The van der Waals surface area contributed by atoms with Gasteiger partial charge in [-0.25, -0.2) is 0 Å². The number of hydrogen-bond acceptors (Lipinski definition) is 3. The average molecular weight is 284 g/mol. The molecule has 1 N–H and O–H groups in total. The van der Waals surface area contributed by atoms with Crippen molar-refractivity contribution in [1.82, 2.24) is 10.2 Å². The summed E-state index contributed by atoms with van der Waals surface area (Å²) in [5.74, 6) is 0.813. The number of nitrogens with zero attached hydrogens (tertiary/aromatic N) is 1. The van der Waals surface area contributed by atoms with Crippen molar-refractivity contribution in [1.29, 1.82) is 0 Å². The molecule has 2 atom stereocenters. The Morgan fingerprint density at radius 2 is 2.15 bits per heavy atom. The standard InChI is InChI=1S/C15H22F2N2O/c1-11-10-19(2)8-7-13(11)18-9-12-5-3-4-6-14(12)20-15(16)17/h3-6,11,13,15,18H,7-10H2,1-2H3. The molecule has 1 aliphatic heterocycles. The lowest BCUT2D eigenvalue weighted by Gasteiger charge is -2.35. The summed E-state index contributed by atoms with van der Waals surface area (Å²) < 4.78 is 29.3. The molecule has 3 nitrogen and oxygen atoms in total.